The summed E-state index contributed by atoms with van der Waals surface area (Å²) in [6.45, 7) is 4.34. The highest BCUT2D eigenvalue weighted by atomic mass is 19.1. The van der Waals surface area contributed by atoms with Crippen molar-refractivity contribution in [2.45, 2.75) is 13.8 Å². The third kappa shape index (κ3) is 4.90. The van der Waals surface area contributed by atoms with Crippen LogP contribution in [0.25, 0.3) is 0 Å². The Bertz CT molecular complexity index is 435. The third-order valence-electron chi connectivity index (χ3n) is 2.06. The summed E-state index contributed by atoms with van der Waals surface area (Å²) in [7, 11) is 0. The van der Waals surface area contributed by atoms with E-state index < -0.39 is 11.9 Å². The summed E-state index contributed by atoms with van der Waals surface area (Å²) >= 11 is 0. The van der Waals surface area contributed by atoms with Gasteiger partial charge in [-0.1, -0.05) is 19.9 Å². The molecule has 0 bridgehead atoms. The van der Waals surface area contributed by atoms with Crippen molar-refractivity contribution in [3.8, 4) is 0 Å². The average Bonchev–Trinajstić information content (AvgIpc) is 2.33. The van der Waals surface area contributed by atoms with Crippen LogP contribution in [0.4, 0.5) is 4.39 Å². The Morgan fingerprint density at radius 1 is 1.33 bits per heavy atom. The predicted molar refractivity (Wildman–Crippen MR) is 64.4 cm³/mol. The first-order valence-corrected chi connectivity index (χ1v) is 5.66. The van der Waals surface area contributed by atoms with Crippen LogP contribution in [0.15, 0.2) is 18.2 Å². The van der Waals surface area contributed by atoms with Gasteiger partial charge in [-0.15, -0.1) is 0 Å². The molecule has 0 aliphatic heterocycles. The molecule has 0 aliphatic rings. The third-order valence-corrected chi connectivity index (χ3v) is 2.06. The van der Waals surface area contributed by atoms with Gasteiger partial charge < -0.3 is 10.6 Å². The van der Waals surface area contributed by atoms with Crippen LogP contribution < -0.4 is 10.6 Å². The van der Waals surface area contributed by atoms with Gasteiger partial charge in [0, 0.05) is 6.54 Å². The Kier molecular flexibility index (Phi) is 5.23. The molecule has 18 heavy (non-hydrogen) atoms. The van der Waals surface area contributed by atoms with Gasteiger partial charge in [0.25, 0.3) is 5.91 Å². The van der Waals surface area contributed by atoms with E-state index in [0.717, 1.165) is 6.07 Å². The lowest BCUT2D eigenvalue weighted by Gasteiger charge is -2.08. The Labute approximate surface area is 105 Å². The number of amides is 2. The Morgan fingerprint density at radius 2 is 2.06 bits per heavy atom. The van der Waals surface area contributed by atoms with Crippen molar-refractivity contribution in [3.63, 3.8) is 0 Å². The average molecular weight is 253 g/mol. The van der Waals surface area contributed by atoms with Crippen LogP contribution >= 0.6 is 0 Å². The van der Waals surface area contributed by atoms with Crippen LogP contribution in [0.5, 0.6) is 0 Å². The second kappa shape index (κ2) is 6.68. The van der Waals surface area contributed by atoms with Crippen molar-refractivity contribution in [1.82, 2.24) is 15.6 Å². The largest absolute Gasteiger partial charge is 0.354 e. The van der Waals surface area contributed by atoms with Crippen molar-refractivity contribution >= 4 is 11.8 Å². The summed E-state index contributed by atoms with van der Waals surface area (Å²) in [6.07, 6.45) is 0. The first-order chi connectivity index (χ1) is 8.49. The van der Waals surface area contributed by atoms with Gasteiger partial charge in [-0.3, -0.25) is 9.59 Å². The van der Waals surface area contributed by atoms with Crippen LogP contribution in [-0.2, 0) is 4.79 Å². The highest BCUT2D eigenvalue weighted by molar-refractivity contribution is 5.94. The van der Waals surface area contributed by atoms with Crippen LogP contribution in [0.1, 0.15) is 24.3 Å². The minimum Gasteiger partial charge on any atom is -0.354 e. The first kappa shape index (κ1) is 14.1. The first-order valence-electron chi connectivity index (χ1n) is 5.66. The topological polar surface area (TPSA) is 71.1 Å². The van der Waals surface area contributed by atoms with Crippen LogP contribution in [0, 0.1) is 11.9 Å². The molecule has 0 aliphatic carbocycles. The molecule has 1 aromatic heterocycles. The number of nitrogens with zero attached hydrogens (tertiary/aromatic N) is 1. The van der Waals surface area contributed by atoms with Crippen molar-refractivity contribution in [3.05, 3.63) is 29.8 Å². The Hall–Kier alpha value is -1.98. The van der Waals surface area contributed by atoms with Crippen molar-refractivity contribution < 1.29 is 14.0 Å². The Balaban J connectivity index is 2.39. The molecule has 1 rings (SSSR count). The van der Waals surface area contributed by atoms with Crippen molar-refractivity contribution in [1.29, 1.82) is 0 Å². The molecule has 5 nitrogen and oxygen atoms in total. The van der Waals surface area contributed by atoms with Crippen molar-refractivity contribution in [2.75, 3.05) is 13.1 Å². The summed E-state index contributed by atoms with van der Waals surface area (Å²) in [5.41, 5.74) is -0.0494. The van der Waals surface area contributed by atoms with Crippen LogP contribution in [0.3, 0.4) is 0 Å². The number of carbonyl (C=O) groups is 2. The maximum absolute atomic E-state index is 12.8. The highest BCUT2D eigenvalue weighted by Gasteiger charge is 2.09. The van der Waals surface area contributed by atoms with Gasteiger partial charge in [0.1, 0.15) is 5.69 Å². The number of carbonyl (C=O) groups excluding carboxylic acids is 2. The number of nitrogens with one attached hydrogen (secondary N) is 2. The summed E-state index contributed by atoms with van der Waals surface area (Å²) in [5.74, 6) is -1.25. The number of hydrogen-bond acceptors (Lipinski definition) is 3. The van der Waals surface area contributed by atoms with E-state index in [-0.39, 0.29) is 18.1 Å². The normalized spacial score (nSPS) is 10.2. The molecule has 6 heteroatoms. The van der Waals surface area contributed by atoms with E-state index in [1.54, 1.807) is 0 Å². The molecule has 0 aromatic carbocycles. The number of pyridine rings is 1. The second-order valence-corrected chi connectivity index (χ2v) is 4.23. The lowest BCUT2D eigenvalue weighted by molar-refractivity contribution is -0.120. The molecular weight excluding hydrogens is 237 g/mol. The van der Waals surface area contributed by atoms with Gasteiger partial charge in [0.05, 0.1) is 6.54 Å². The zero-order valence-corrected chi connectivity index (χ0v) is 10.4. The van der Waals surface area contributed by atoms with E-state index >= 15 is 0 Å². The fraction of sp³-hybridized carbons (Fsp3) is 0.417. The zero-order chi connectivity index (χ0) is 13.5. The minimum absolute atomic E-state index is 0.0494. The van der Waals surface area contributed by atoms with Gasteiger partial charge >= 0.3 is 0 Å². The summed E-state index contributed by atoms with van der Waals surface area (Å²) in [6, 6.07) is 3.91. The van der Waals surface area contributed by atoms with Crippen LogP contribution in [0.2, 0.25) is 0 Å². The summed E-state index contributed by atoms with van der Waals surface area (Å²) in [4.78, 5) is 26.3. The fourth-order valence-electron chi connectivity index (χ4n) is 1.17. The van der Waals surface area contributed by atoms with Crippen LogP contribution in [-0.4, -0.2) is 29.9 Å². The molecule has 0 atom stereocenters. The molecule has 98 valence electrons. The standard InChI is InChI=1S/C12H16FN3O2/c1-8(2)6-14-11(17)7-15-12(18)9-4-3-5-10(13)16-9/h3-5,8H,6-7H2,1-2H3,(H,14,17)(H,15,18). The Morgan fingerprint density at radius 3 is 2.67 bits per heavy atom. The molecule has 0 radical (unpaired) electrons. The van der Waals surface area contributed by atoms with E-state index in [9.17, 15) is 14.0 Å². The number of halogens is 1. The fourth-order valence-corrected chi connectivity index (χ4v) is 1.17. The molecule has 0 spiro atoms. The van der Waals surface area contributed by atoms with E-state index in [4.69, 9.17) is 0 Å². The number of aromatic nitrogens is 1. The van der Waals surface area contributed by atoms with Gasteiger partial charge in [-0.05, 0) is 18.1 Å². The number of rotatable bonds is 5. The predicted octanol–water partition coefficient (Wildman–Crippen LogP) is 0.723. The molecule has 0 unspecified atom stereocenters. The monoisotopic (exact) mass is 253 g/mol. The molecule has 0 fully saturated rings. The smallest absolute Gasteiger partial charge is 0.270 e. The molecule has 1 heterocycles. The van der Waals surface area contributed by atoms with E-state index in [2.05, 4.69) is 15.6 Å². The molecule has 2 N–H and O–H groups in total. The lowest BCUT2D eigenvalue weighted by atomic mass is 10.2. The molecular formula is C12H16FN3O2. The quantitative estimate of drug-likeness (QED) is 0.760. The zero-order valence-electron chi connectivity index (χ0n) is 10.4. The summed E-state index contributed by atoms with van der Waals surface area (Å²) in [5, 5.41) is 5.02. The molecule has 0 saturated carbocycles. The van der Waals surface area contributed by atoms with Crippen molar-refractivity contribution in [2.24, 2.45) is 5.92 Å². The highest BCUT2D eigenvalue weighted by Crippen LogP contribution is 1.97. The van der Waals surface area contributed by atoms with Gasteiger partial charge in [0.15, 0.2) is 0 Å². The van der Waals surface area contributed by atoms with E-state index in [0.29, 0.717) is 12.5 Å². The SMILES string of the molecule is CC(C)CNC(=O)CNC(=O)c1cccc(F)n1. The number of hydrogen-bond donors (Lipinski definition) is 2. The maximum Gasteiger partial charge on any atom is 0.270 e. The second-order valence-electron chi connectivity index (χ2n) is 4.23. The molecule has 2 amide bonds. The molecule has 1 aromatic rings. The van der Waals surface area contributed by atoms with E-state index in [1.165, 1.54) is 12.1 Å². The lowest BCUT2D eigenvalue weighted by Crippen LogP contribution is -2.38. The van der Waals surface area contributed by atoms with Gasteiger partial charge in [-0.25, -0.2) is 4.98 Å². The minimum atomic E-state index is -0.730. The molecule has 0 saturated heterocycles. The van der Waals surface area contributed by atoms with E-state index in [1.807, 2.05) is 13.8 Å². The van der Waals surface area contributed by atoms with Gasteiger partial charge in [0.2, 0.25) is 11.9 Å². The summed E-state index contributed by atoms with van der Waals surface area (Å²) < 4.78 is 12.8. The maximum atomic E-state index is 12.8. The van der Waals surface area contributed by atoms with Gasteiger partial charge in [-0.2, -0.15) is 4.39 Å².